The maximum absolute atomic E-state index is 15.3. The van der Waals surface area contributed by atoms with Gasteiger partial charge in [0.1, 0.15) is 17.7 Å². The zero-order valence-electron chi connectivity index (χ0n) is 23.9. The van der Waals surface area contributed by atoms with Crippen molar-refractivity contribution in [1.29, 1.82) is 0 Å². The highest BCUT2D eigenvalue weighted by atomic mass is 19.1. The minimum absolute atomic E-state index is 0.283. The second kappa shape index (κ2) is 11.7. The van der Waals surface area contributed by atoms with Crippen molar-refractivity contribution < 1.29 is 19.0 Å². The number of carbonyl (C=O) groups is 1. The van der Waals surface area contributed by atoms with Gasteiger partial charge in [0.05, 0.1) is 17.4 Å². The van der Waals surface area contributed by atoms with Crippen molar-refractivity contribution in [1.82, 2.24) is 14.9 Å². The van der Waals surface area contributed by atoms with Gasteiger partial charge in [-0.05, 0) is 75.4 Å². The highest BCUT2D eigenvalue weighted by Gasteiger charge is 2.22. The van der Waals surface area contributed by atoms with Crippen LogP contribution in [0.2, 0.25) is 0 Å². The molecule has 1 aliphatic rings. The number of aliphatic hydroxyl groups is 1. The summed E-state index contributed by atoms with van der Waals surface area (Å²) >= 11 is 0. The molecule has 0 radical (unpaired) electrons. The van der Waals surface area contributed by atoms with Gasteiger partial charge in [-0.15, -0.1) is 0 Å². The Labute approximate surface area is 239 Å². The number of aromatic amines is 1. The summed E-state index contributed by atoms with van der Waals surface area (Å²) in [6.07, 6.45) is 1.48. The Hall–Kier alpha value is -4.21. The van der Waals surface area contributed by atoms with E-state index in [0.29, 0.717) is 39.0 Å². The molecule has 4 aromatic rings. The van der Waals surface area contributed by atoms with Crippen molar-refractivity contribution in [3.05, 3.63) is 78.3 Å². The topological polar surface area (TPSA) is 93.7 Å². The number of nitrogens with one attached hydrogen (secondary N) is 2. The van der Waals surface area contributed by atoms with Crippen LogP contribution in [0.3, 0.4) is 0 Å². The van der Waals surface area contributed by atoms with Gasteiger partial charge < -0.3 is 29.9 Å². The van der Waals surface area contributed by atoms with Crippen molar-refractivity contribution in [3.8, 4) is 22.4 Å². The summed E-state index contributed by atoms with van der Waals surface area (Å²) in [7, 11) is 2.13. The molecular formula is C32H36FN5O3. The minimum Gasteiger partial charge on any atom is -0.459 e. The molecule has 5 rings (SSSR count). The maximum Gasteiger partial charge on any atom is 0.339 e. The Balaban J connectivity index is 1.65. The third kappa shape index (κ3) is 5.96. The number of benzene rings is 2. The van der Waals surface area contributed by atoms with Crippen LogP contribution in [-0.2, 0) is 4.74 Å². The summed E-state index contributed by atoms with van der Waals surface area (Å²) in [6.45, 7) is 12.8. The Morgan fingerprint density at radius 3 is 2.51 bits per heavy atom. The molecule has 1 unspecified atom stereocenters. The van der Waals surface area contributed by atoms with E-state index in [0.717, 1.165) is 43.1 Å². The zero-order valence-corrected chi connectivity index (χ0v) is 23.9. The molecule has 0 bridgehead atoms. The average molecular weight is 558 g/mol. The van der Waals surface area contributed by atoms with Crippen LogP contribution in [-0.4, -0.2) is 71.5 Å². The maximum atomic E-state index is 15.3. The van der Waals surface area contributed by atoms with E-state index in [1.165, 1.54) is 18.3 Å². The van der Waals surface area contributed by atoms with Crippen molar-refractivity contribution in [2.45, 2.75) is 33.1 Å². The van der Waals surface area contributed by atoms with Gasteiger partial charge in [0.25, 0.3) is 0 Å². The number of halogens is 1. The van der Waals surface area contributed by atoms with Crippen molar-refractivity contribution >= 4 is 28.4 Å². The van der Waals surface area contributed by atoms with Crippen LogP contribution in [0, 0.1) is 12.7 Å². The van der Waals surface area contributed by atoms with E-state index in [2.05, 4.69) is 50.8 Å². The number of esters is 1. The average Bonchev–Trinajstić information content (AvgIpc) is 3.34. The van der Waals surface area contributed by atoms with Crippen molar-refractivity contribution in [3.63, 3.8) is 0 Å². The molecule has 8 nitrogen and oxygen atoms in total. The van der Waals surface area contributed by atoms with Crippen molar-refractivity contribution in [2.75, 3.05) is 43.4 Å². The van der Waals surface area contributed by atoms with E-state index < -0.39 is 18.0 Å². The summed E-state index contributed by atoms with van der Waals surface area (Å²) < 4.78 is 20.7. The number of nitrogens with zero attached hydrogens (tertiary/aromatic N) is 3. The molecule has 1 aliphatic heterocycles. The fourth-order valence-electron chi connectivity index (χ4n) is 5.08. The molecule has 1 saturated heterocycles. The molecule has 2 aromatic heterocycles. The Bertz CT molecular complexity index is 1570. The van der Waals surface area contributed by atoms with Gasteiger partial charge in [-0.1, -0.05) is 18.7 Å². The zero-order chi connectivity index (χ0) is 29.3. The lowest BCUT2D eigenvalue weighted by Gasteiger charge is -2.34. The third-order valence-corrected chi connectivity index (χ3v) is 7.41. The summed E-state index contributed by atoms with van der Waals surface area (Å²) in [5, 5.41) is 13.7. The molecular weight excluding hydrogens is 521 g/mol. The van der Waals surface area contributed by atoms with Gasteiger partial charge in [-0.3, -0.25) is 0 Å². The van der Waals surface area contributed by atoms with Gasteiger partial charge >= 0.3 is 5.97 Å². The van der Waals surface area contributed by atoms with Crippen LogP contribution in [0.25, 0.3) is 33.4 Å². The van der Waals surface area contributed by atoms with Crippen LogP contribution in [0.15, 0.2) is 61.3 Å². The molecule has 3 N–H and O–H groups in total. The number of hydrogen-bond donors (Lipinski definition) is 3. The SMILES string of the molecule is C=CC(O)Nc1cc(-c2c(-c3ccc(N4CCN(C)CC4)cc3)[nH]c3ncc(C(=O)OC(C)C)cc23)cc(F)c1C. The van der Waals surface area contributed by atoms with Crippen LogP contribution < -0.4 is 10.2 Å². The van der Waals surface area contributed by atoms with E-state index in [-0.39, 0.29) is 6.10 Å². The number of carbonyl (C=O) groups excluding carboxylic acids is 1. The first-order valence-electron chi connectivity index (χ1n) is 13.8. The van der Waals surface area contributed by atoms with Crippen LogP contribution in [0.4, 0.5) is 15.8 Å². The number of H-pyrrole nitrogens is 1. The normalized spacial score (nSPS) is 14.9. The molecule has 0 spiro atoms. The van der Waals surface area contributed by atoms with Crippen LogP contribution in [0.1, 0.15) is 29.8 Å². The summed E-state index contributed by atoms with van der Waals surface area (Å²) in [4.78, 5) is 25.4. The second-order valence-corrected chi connectivity index (χ2v) is 10.7. The smallest absolute Gasteiger partial charge is 0.339 e. The number of aliphatic hydroxyl groups excluding tert-OH is 1. The molecule has 0 saturated carbocycles. The molecule has 0 aliphatic carbocycles. The van der Waals surface area contributed by atoms with E-state index in [1.54, 1.807) is 32.9 Å². The quantitative estimate of drug-likeness (QED) is 0.148. The molecule has 214 valence electrons. The van der Waals surface area contributed by atoms with Gasteiger partial charge in [-0.25, -0.2) is 14.2 Å². The first kappa shape index (κ1) is 28.3. The molecule has 1 fully saturated rings. The highest BCUT2D eigenvalue weighted by Crippen LogP contribution is 2.40. The number of fused-ring (bicyclic) bond motifs is 1. The number of aromatic nitrogens is 2. The largest absolute Gasteiger partial charge is 0.459 e. The number of ether oxygens (including phenoxy) is 1. The Morgan fingerprint density at radius 2 is 1.85 bits per heavy atom. The number of hydrogen-bond acceptors (Lipinski definition) is 7. The van der Waals surface area contributed by atoms with Gasteiger partial charge in [0.15, 0.2) is 0 Å². The molecule has 41 heavy (non-hydrogen) atoms. The Kier molecular flexibility index (Phi) is 8.10. The highest BCUT2D eigenvalue weighted by molar-refractivity contribution is 6.05. The summed E-state index contributed by atoms with van der Waals surface area (Å²) in [5.74, 6) is -0.915. The first-order chi connectivity index (χ1) is 19.6. The van der Waals surface area contributed by atoms with E-state index in [4.69, 9.17) is 4.74 Å². The van der Waals surface area contributed by atoms with E-state index in [1.807, 2.05) is 12.1 Å². The summed E-state index contributed by atoms with van der Waals surface area (Å²) in [6, 6.07) is 13.3. The number of likely N-dealkylation sites (N-methyl/N-ethyl adjacent to an activating group) is 1. The Morgan fingerprint density at radius 1 is 1.15 bits per heavy atom. The number of pyridine rings is 1. The predicted molar refractivity (Wildman–Crippen MR) is 162 cm³/mol. The standard InChI is InChI=1S/C32H36FN5O3/c1-6-28(39)35-27-17-22(16-26(33)20(27)4)29-25-15-23(32(40)41-19(2)3)18-34-31(25)36-30(29)21-7-9-24(10-8-21)38-13-11-37(5)12-14-38/h6-10,15-19,28,35,39H,1,11-14H2,2-5H3,(H,34,36). The fraction of sp³-hybridized carbons (Fsp3) is 0.312. The third-order valence-electron chi connectivity index (χ3n) is 7.41. The molecule has 9 heteroatoms. The lowest BCUT2D eigenvalue weighted by atomic mass is 9.96. The van der Waals surface area contributed by atoms with Crippen LogP contribution in [0.5, 0.6) is 0 Å². The molecule has 0 amide bonds. The van der Waals surface area contributed by atoms with Gasteiger partial charge in [0.2, 0.25) is 0 Å². The predicted octanol–water partition coefficient (Wildman–Crippen LogP) is 5.58. The monoisotopic (exact) mass is 557 g/mol. The number of piperazine rings is 1. The van der Waals surface area contributed by atoms with E-state index in [9.17, 15) is 9.90 Å². The van der Waals surface area contributed by atoms with Gasteiger partial charge in [0, 0.05) is 60.3 Å². The first-order valence-corrected chi connectivity index (χ1v) is 13.8. The molecule has 2 aromatic carbocycles. The molecule has 1 atom stereocenters. The lowest BCUT2D eigenvalue weighted by Crippen LogP contribution is -2.44. The summed E-state index contributed by atoms with van der Waals surface area (Å²) in [5.41, 5.74) is 5.68. The minimum atomic E-state index is -1.05. The number of anilines is 2. The van der Waals surface area contributed by atoms with Gasteiger partial charge in [-0.2, -0.15) is 0 Å². The second-order valence-electron chi connectivity index (χ2n) is 10.7. The lowest BCUT2D eigenvalue weighted by molar-refractivity contribution is 0.0377. The number of rotatable bonds is 8. The van der Waals surface area contributed by atoms with Crippen molar-refractivity contribution in [2.24, 2.45) is 0 Å². The fourth-order valence-corrected chi connectivity index (χ4v) is 5.08. The molecule has 3 heterocycles. The van der Waals surface area contributed by atoms with Crippen LogP contribution >= 0.6 is 0 Å². The van der Waals surface area contributed by atoms with E-state index >= 15 is 4.39 Å².